The van der Waals surface area contributed by atoms with Crippen molar-refractivity contribution < 1.29 is 8.91 Å². The van der Waals surface area contributed by atoms with E-state index in [1.54, 1.807) is 24.3 Å². The monoisotopic (exact) mass is 401 g/mol. The van der Waals surface area contributed by atoms with Gasteiger partial charge in [-0.3, -0.25) is 0 Å². The number of rotatable bonds is 5. The van der Waals surface area contributed by atoms with Crippen LogP contribution in [0.3, 0.4) is 0 Å². The molecule has 0 aliphatic carbocycles. The summed E-state index contributed by atoms with van der Waals surface area (Å²) in [6.07, 6.45) is 0. The van der Waals surface area contributed by atoms with E-state index in [0.29, 0.717) is 33.5 Å². The molecular formula is C18H13ClFN5OS. The van der Waals surface area contributed by atoms with Gasteiger partial charge in [-0.1, -0.05) is 40.7 Å². The van der Waals surface area contributed by atoms with Crippen molar-refractivity contribution >= 4 is 23.4 Å². The Kier molecular flexibility index (Phi) is 4.91. The fourth-order valence-corrected chi connectivity index (χ4v) is 3.41. The number of thioether (sulfide) groups is 1. The largest absolute Gasteiger partial charge is 0.338 e. The lowest BCUT2D eigenvalue weighted by molar-refractivity contribution is 0.391. The molecule has 0 atom stereocenters. The molecule has 136 valence electrons. The first-order valence-electron chi connectivity index (χ1n) is 7.97. The van der Waals surface area contributed by atoms with E-state index in [1.165, 1.54) is 23.9 Å². The molecule has 0 saturated carbocycles. The van der Waals surface area contributed by atoms with Crippen LogP contribution < -0.4 is 0 Å². The number of hydrogen-bond donors (Lipinski definition) is 0. The number of aromatic nitrogens is 5. The molecule has 2 aromatic heterocycles. The second-order valence-corrected chi connectivity index (χ2v) is 7.06. The van der Waals surface area contributed by atoms with E-state index >= 15 is 0 Å². The second kappa shape index (κ2) is 7.50. The van der Waals surface area contributed by atoms with Crippen LogP contribution in [0.15, 0.2) is 58.2 Å². The van der Waals surface area contributed by atoms with E-state index in [9.17, 15) is 4.39 Å². The molecule has 0 spiro atoms. The normalized spacial score (nSPS) is 11.1. The van der Waals surface area contributed by atoms with Crippen LogP contribution in [0.1, 0.15) is 5.89 Å². The number of hydrogen-bond acceptors (Lipinski definition) is 6. The van der Waals surface area contributed by atoms with Crippen LogP contribution in [-0.2, 0) is 12.8 Å². The fraction of sp³-hybridized carbons (Fsp3) is 0.111. The van der Waals surface area contributed by atoms with Gasteiger partial charge < -0.3 is 9.09 Å². The summed E-state index contributed by atoms with van der Waals surface area (Å²) in [5.41, 5.74) is 1.58. The van der Waals surface area contributed by atoms with Gasteiger partial charge in [-0.25, -0.2) is 4.39 Å². The highest BCUT2D eigenvalue weighted by atomic mass is 35.5. The van der Waals surface area contributed by atoms with E-state index in [-0.39, 0.29) is 5.82 Å². The summed E-state index contributed by atoms with van der Waals surface area (Å²) in [6, 6.07) is 13.4. The SMILES string of the molecule is Cn1c(SCc2nc(-c3cccc(Cl)c3)no2)nnc1-c1ccc(F)cc1. The molecule has 0 unspecified atom stereocenters. The smallest absolute Gasteiger partial charge is 0.237 e. The zero-order valence-corrected chi connectivity index (χ0v) is 15.7. The van der Waals surface area contributed by atoms with Crippen LogP contribution in [0.2, 0.25) is 5.02 Å². The third-order valence-electron chi connectivity index (χ3n) is 3.81. The lowest BCUT2D eigenvalue weighted by Crippen LogP contribution is -1.95. The number of nitrogens with zero attached hydrogens (tertiary/aromatic N) is 5. The minimum absolute atomic E-state index is 0.289. The Hall–Kier alpha value is -2.71. The summed E-state index contributed by atoms with van der Waals surface area (Å²) < 4.78 is 20.2. The first-order chi connectivity index (χ1) is 13.1. The van der Waals surface area contributed by atoms with Crippen LogP contribution >= 0.6 is 23.4 Å². The number of halogens is 2. The van der Waals surface area contributed by atoms with Gasteiger partial charge in [-0.2, -0.15) is 4.98 Å². The van der Waals surface area contributed by atoms with Crippen molar-refractivity contribution in [2.75, 3.05) is 0 Å². The summed E-state index contributed by atoms with van der Waals surface area (Å²) >= 11 is 7.42. The van der Waals surface area contributed by atoms with Gasteiger partial charge in [0.15, 0.2) is 11.0 Å². The highest BCUT2D eigenvalue weighted by molar-refractivity contribution is 7.98. The summed E-state index contributed by atoms with van der Waals surface area (Å²) in [5, 5.41) is 13.6. The first kappa shape index (κ1) is 17.7. The predicted molar refractivity (Wildman–Crippen MR) is 101 cm³/mol. The average molecular weight is 402 g/mol. The highest BCUT2D eigenvalue weighted by Crippen LogP contribution is 2.26. The zero-order chi connectivity index (χ0) is 18.8. The van der Waals surface area contributed by atoms with Crippen LogP contribution in [0.4, 0.5) is 4.39 Å². The second-order valence-electron chi connectivity index (χ2n) is 5.68. The quantitative estimate of drug-likeness (QED) is 0.454. The third-order valence-corrected chi connectivity index (χ3v) is 5.05. The van der Waals surface area contributed by atoms with E-state index in [2.05, 4.69) is 20.3 Å². The predicted octanol–water partition coefficient (Wildman–Crippen LogP) is 4.62. The number of benzene rings is 2. The zero-order valence-electron chi connectivity index (χ0n) is 14.1. The Labute approximate surface area is 163 Å². The molecule has 27 heavy (non-hydrogen) atoms. The molecular weight excluding hydrogens is 389 g/mol. The third kappa shape index (κ3) is 3.86. The fourth-order valence-electron chi connectivity index (χ4n) is 2.48. The Morgan fingerprint density at radius 1 is 1.11 bits per heavy atom. The van der Waals surface area contributed by atoms with Crippen LogP contribution in [0.25, 0.3) is 22.8 Å². The Balaban J connectivity index is 1.47. The van der Waals surface area contributed by atoms with Crippen molar-refractivity contribution in [2.24, 2.45) is 7.05 Å². The highest BCUT2D eigenvalue weighted by Gasteiger charge is 2.14. The lowest BCUT2D eigenvalue weighted by Gasteiger charge is -2.02. The molecule has 9 heteroatoms. The van der Waals surface area contributed by atoms with Crippen molar-refractivity contribution in [1.29, 1.82) is 0 Å². The van der Waals surface area contributed by atoms with Crippen molar-refractivity contribution in [3.8, 4) is 22.8 Å². The molecule has 0 N–H and O–H groups in total. The molecule has 0 bridgehead atoms. The maximum absolute atomic E-state index is 13.1. The maximum atomic E-state index is 13.1. The van der Waals surface area contributed by atoms with Crippen molar-refractivity contribution in [3.05, 3.63) is 65.3 Å². The van der Waals surface area contributed by atoms with E-state index in [4.69, 9.17) is 16.1 Å². The molecule has 0 fully saturated rings. The van der Waals surface area contributed by atoms with E-state index in [0.717, 1.165) is 11.1 Å². The minimum atomic E-state index is -0.289. The van der Waals surface area contributed by atoms with Crippen molar-refractivity contribution in [1.82, 2.24) is 24.9 Å². The summed E-state index contributed by atoms with van der Waals surface area (Å²) in [5.74, 6) is 1.77. The van der Waals surface area contributed by atoms with Gasteiger partial charge >= 0.3 is 0 Å². The van der Waals surface area contributed by atoms with Gasteiger partial charge in [0.25, 0.3) is 0 Å². The van der Waals surface area contributed by atoms with Crippen molar-refractivity contribution in [3.63, 3.8) is 0 Å². The Morgan fingerprint density at radius 2 is 1.93 bits per heavy atom. The van der Waals surface area contributed by atoms with Crippen LogP contribution in [-0.4, -0.2) is 24.9 Å². The van der Waals surface area contributed by atoms with Gasteiger partial charge in [-0.05, 0) is 36.4 Å². The van der Waals surface area contributed by atoms with Gasteiger partial charge in [0.2, 0.25) is 11.7 Å². The molecule has 0 amide bonds. The van der Waals surface area contributed by atoms with Gasteiger partial charge in [0.1, 0.15) is 5.82 Å². The molecule has 6 nitrogen and oxygen atoms in total. The summed E-state index contributed by atoms with van der Waals surface area (Å²) in [4.78, 5) is 4.38. The topological polar surface area (TPSA) is 69.6 Å². The molecule has 2 heterocycles. The molecule has 0 saturated heterocycles. The van der Waals surface area contributed by atoms with Gasteiger partial charge in [-0.15, -0.1) is 10.2 Å². The summed E-state index contributed by atoms with van der Waals surface area (Å²) in [6.45, 7) is 0. The molecule has 2 aromatic carbocycles. The minimum Gasteiger partial charge on any atom is -0.338 e. The standard InChI is InChI=1S/C18H13ClFN5OS/c1-25-17(11-5-7-14(20)8-6-11)22-23-18(25)27-10-15-21-16(24-26-15)12-3-2-4-13(19)9-12/h2-9H,10H2,1H3. The Bertz CT molecular complexity index is 1080. The molecule has 0 aliphatic rings. The first-order valence-corrected chi connectivity index (χ1v) is 9.33. The van der Waals surface area contributed by atoms with E-state index in [1.807, 2.05) is 23.7 Å². The molecule has 4 rings (SSSR count). The average Bonchev–Trinajstić information content (AvgIpc) is 3.28. The molecule has 4 aromatic rings. The van der Waals surface area contributed by atoms with E-state index < -0.39 is 0 Å². The van der Waals surface area contributed by atoms with Crippen LogP contribution in [0, 0.1) is 5.82 Å². The molecule has 0 radical (unpaired) electrons. The van der Waals surface area contributed by atoms with Crippen LogP contribution in [0.5, 0.6) is 0 Å². The van der Waals surface area contributed by atoms with Gasteiger partial charge in [0.05, 0.1) is 5.75 Å². The molecule has 0 aliphatic heterocycles. The lowest BCUT2D eigenvalue weighted by atomic mass is 10.2. The maximum Gasteiger partial charge on any atom is 0.237 e. The van der Waals surface area contributed by atoms with Gasteiger partial charge in [0, 0.05) is 23.2 Å². The Morgan fingerprint density at radius 3 is 2.70 bits per heavy atom. The summed E-state index contributed by atoms with van der Waals surface area (Å²) in [7, 11) is 1.85. The van der Waals surface area contributed by atoms with Crippen molar-refractivity contribution in [2.45, 2.75) is 10.9 Å².